The Morgan fingerprint density at radius 3 is 2.85 bits per heavy atom. The first-order valence-electron chi connectivity index (χ1n) is 4.84. The molecule has 0 saturated carbocycles. The summed E-state index contributed by atoms with van der Waals surface area (Å²) in [5.41, 5.74) is 0. The van der Waals surface area contributed by atoms with E-state index in [0.717, 1.165) is 25.4 Å². The molecule has 2 rings (SSSR count). The van der Waals surface area contributed by atoms with Crippen molar-refractivity contribution in [1.29, 1.82) is 0 Å². The molecule has 1 aromatic rings. The van der Waals surface area contributed by atoms with E-state index in [2.05, 4.69) is 5.32 Å². The van der Waals surface area contributed by atoms with Gasteiger partial charge in [0.15, 0.2) is 0 Å². The second-order valence-electron chi connectivity index (χ2n) is 3.48. The minimum absolute atomic E-state index is 0.695. The van der Waals surface area contributed by atoms with Crippen molar-refractivity contribution in [3.63, 3.8) is 0 Å². The van der Waals surface area contributed by atoms with Crippen LogP contribution in [0.3, 0.4) is 0 Å². The summed E-state index contributed by atoms with van der Waals surface area (Å²) in [6, 6.07) is 10.0. The van der Waals surface area contributed by atoms with E-state index in [1.165, 1.54) is 6.42 Å². The summed E-state index contributed by atoms with van der Waals surface area (Å²) in [7, 11) is 0. The van der Waals surface area contributed by atoms with Crippen molar-refractivity contribution in [2.45, 2.75) is 6.42 Å². The Kier molecular flexibility index (Phi) is 2.82. The molecule has 1 aliphatic heterocycles. The first kappa shape index (κ1) is 8.57. The molecule has 0 aliphatic carbocycles. The molecule has 1 N–H and O–H groups in total. The van der Waals surface area contributed by atoms with E-state index in [1.807, 2.05) is 30.3 Å². The summed E-state index contributed by atoms with van der Waals surface area (Å²) >= 11 is 0. The van der Waals surface area contributed by atoms with Crippen LogP contribution in [-0.4, -0.2) is 19.7 Å². The molecule has 1 heterocycles. The van der Waals surface area contributed by atoms with Crippen molar-refractivity contribution < 1.29 is 4.74 Å². The summed E-state index contributed by atoms with van der Waals surface area (Å²) in [5.74, 6) is 1.68. The second kappa shape index (κ2) is 4.28. The van der Waals surface area contributed by atoms with Crippen LogP contribution in [0.5, 0.6) is 5.75 Å². The zero-order valence-corrected chi connectivity index (χ0v) is 7.70. The molecular weight excluding hydrogens is 162 g/mol. The maximum Gasteiger partial charge on any atom is 0.119 e. The summed E-state index contributed by atoms with van der Waals surface area (Å²) in [5, 5.41) is 3.33. The molecule has 0 radical (unpaired) electrons. The lowest BCUT2D eigenvalue weighted by atomic mass is 10.1. The van der Waals surface area contributed by atoms with Crippen LogP contribution in [0.15, 0.2) is 30.3 Å². The smallest absolute Gasteiger partial charge is 0.119 e. The lowest BCUT2D eigenvalue weighted by Crippen LogP contribution is -2.15. The Morgan fingerprint density at radius 2 is 2.15 bits per heavy atom. The van der Waals surface area contributed by atoms with Gasteiger partial charge in [-0.3, -0.25) is 0 Å². The van der Waals surface area contributed by atoms with Gasteiger partial charge in [-0.15, -0.1) is 0 Å². The maximum absolute atomic E-state index is 5.65. The summed E-state index contributed by atoms with van der Waals surface area (Å²) in [6.45, 7) is 3.09. The molecule has 1 saturated heterocycles. The number of ether oxygens (including phenoxy) is 1. The second-order valence-corrected chi connectivity index (χ2v) is 3.48. The van der Waals surface area contributed by atoms with E-state index in [-0.39, 0.29) is 0 Å². The Bertz CT molecular complexity index is 242. The first-order valence-corrected chi connectivity index (χ1v) is 4.84. The Balaban J connectivity index is 1.79. The highest BCUT2D eigenvalue weighted by atomic mass is 16.5. The van der Waals surface area contributed by atoms with Crippen LogP contribution in [0.25, 0.3) is 0 Å². The van der Waals surface area contributed by atoms with Gasteiger partial charge in [-0.05, 0) is 25.1 Å². The molecule has 0 spiro atoms. The van der Waals surface area contributed by atoms with E-state index >= 15 is 0 Å². The topological polar surface area (TPSA) is 21.3 Å². The van der Waals surface area contributed by atoms with Crippen molar-refractivity contribution in [3.8, 4) is 5.75 Å². The van der Waals surface area contributed by atoms with Crippen LogP contribution in [0.2, 0.25) is 0 Å². The third-order valence-electron chi connectivity index (χ3n) is 2.39. The average molecular weight is 177 g/mol. The predicted molar refractivity (Wildman–Crippen MR) is 52.9 cm³/mol. The third-order valence-corrected chi connectivity index (χ3v) is 2.39. The fourth-order valence-electron chi connectivity index (χ4n) is 1.59. The van der Waals surface area contributed by atoms with E-state index < -0.39 is 0 Å². The van der Waals surface area contributed by atoms with Gasteiger partial charge in [0.1, 0.15) is 5.75 Å². The van der Waals surface area contributed by atoms with Crippen LogP contribution in [0.1, 0.15) is 6.42 Å². The van der Waals surface area contributed by atoms with Crippen LogP contribution in [-0.2, 0) is 0 Å². The highest BCUT2D eigenvalue weighted by Gasteiger charge is 2.14. The third kappa shape index (κ3) is 2.46. The number of benzene rings is 1. The first-order chi connectivity index (χ1) is 6.45. The molecule has 1 atom stereocenters. The SMILES string of the molecule is c1ccc(OCC2CCNC2)cc1. The number of hydrogen-bond donors (Lipinski definition) is 1. The summed E-state index contributed by atoms with van der Waals surface area (Å²) < 4.78 is 5.65. The highest BCUT2D eigenvalue weighted by molar-refractivity contribution is 5.20. The highest BCUT2D eigenvalue weighted by Crippen LogP contribution is 2.13. The van der Waals surface area contributed by atoms with Gasteiger partial charge in [0, 0.05) is 12.5 Å². The van der Waals surface area contributed by atoms with Crippen molar-refractivity contribution in [3.05, 3.63) is 30.3 Å². The van der Waals surface area contributed by atoms with Crippen LogP contribution >= 0.6 is 0 Å². The van der Waals surface area contributed by atoms with Gasteiger partial charge >= 0.3 is 0 Å². The van der Waals surface area contributed by atoms with E-state index in [0.29, 0.717) is 5.92 Å². The number of para-hydroxylation sites is 1. The zero-order chi connectivity index (χ0) is 8.93. The Labute approximate surface area is 78.9 Å². The van der Waals surface area contributed by atoms with Crippen molar-refractivity contribution in [2.75, 3.05) is 19.7 Å². The molecule has 1 fully saturated rings. The van der Waals surface area contributed by atoms with Gasteiger partial charge in [-0.25, -0.2) is 0 Å². The minimum atomic E-state index is 0.695. The molecule has 0 aromatic heterocycles. The van der Waals surface area contributed by atoms with Gasteiger partial charge in [0.25, 0.3) is 0 Å². The number of rotatable bonds is 3. The van der Waals surface area contributed by atoms with Gasteiger partial charge in [-0.2, -0.15) is 0 Å². The molecule has 70 valence electrons. The fourth-order valence-corrected chi connectivity index (χ4v) is 1.59. The molecule has 1 aromatic carbocycles. The van der Waals surface area contributed by atoms with Crippen molar-refractivity contribution in [2.24, 2.45) is 5.92 Å². The zero-order valence-electron chi connectivity index (χ0n) is 7.70. The molecule has 0 amide bonds. The average Bonchev–Trinajstić information content (AvgIpc) is 2.69. The molecule has 2 heteroatoms. The Morgan fingerprint density at radius 1 is 1.31 bits per heavy atom. The van der Waals surface area contributed by atoms with E-state index in [4.69, 9.17) is 4.74 Å². The quantitative estimate of drug-likeness (QED) is 0.758. The lowest BCUT2D eigenvalue weighted by molar-refractivity contribution is 0.260. The van der Waals surface area contributed by atoms with Gasteiger partial charge in [0.2, 0.25) is 0 Å². The predicted octanol–water partition coefficient (Wildman–Crippen LogP) is 1.67. The van der Waals surface area contributed by atoms with E-state index in [1.54, 1.807) is 0 Å². The Hall–Kier alpha value is -1.02. The largest absolute Gasteiger partial charge is 0.493 e. The van der Waals surface area contributed by atoms with Crippen LogP contribution < -0.4 is 10.1 Å². The maximum atomic E-state index is 5.65. The molecule has 2 nitrogen and oxygen atoms in total. The van der Waals surface area contributed by atoms with Gasteiger partial charge in [0.05, 0.1) is 6.61 Å². The van der Waals surface area contributed by atoms with Gasteiger partial charge < -0.3 is 10.1 Å². The number of hydrogen-bond acceptors (Lipinski definition) is 2. The monoisotopic (exact) mass is 177 g/mol. The standard InChI is InChI=1S/C11H15NO/c1-2-4-11(5-3-1)13-9-10-6-7-12-8-10/h1-5,10,12H,6-9H2. The number of nitrogens with one attached hydrogen (secondary N) is 1. The normalized spacial score (nSPS) is 21.7. The molecule has 1 aliphatic rings. The molecule has 1 unspecified atom stereocenters. The van der Waals surface area contributed by atoms with Crippen molar-refractivity contribution in [1.82, 2.24) is 5.32 Å². The summed E-state index contributed by atoms with van der Waals surface area (Å²) in [6.07, 6.45) is 1.24. The van der Waals surface area contributed by atoms with Gasteiger partial charge in [-0.1, -0.05) is 18.2 Å². The molecule has 13 heavy (non-hydrogen) atoms. The molecular formula is C11H15NO. The summed E-state index contributed by atoms with van der Waals surface area (Å²) in [4.78, 5) is 0. The van der Waals surface area contributed by atoms with Crippen molar-refractivity contribution >= 4 is 0 Å². The molecule has 0 bridgehead atoms. The minimum Gasteiger partial charge on any atom is -0.493 e. The van der Waals surface area contributed by atoms with Crippen LogP contribution in [0.4, 0.5) is 0 Å². The van der Waals surface area contributed by atoms with E-state index in [9.17, 15) is 0 Å². The lowest BCUT2D eigenvalue weighted by Gasteiger charge is -2.10. The van der Waals surface area contributed by atoms with Crippen LogP contribution in [0, 0.1) is 5.92 Å². The fraction of sp³-hybridized carbons (Fsp3) is 0.455.